The summed E-state index contributed by atoms with van der Waals surface area (Å²) in [5.74, 6) is 2.52. The van der Waals surface area contributed by atoms with Crippen LogP contribution in [0.3, 0.4) is 0 Å². The standard InChI is InChI=1S/C11H18N4O/c1-3-12-10-6-11(14-8(2)13-10)15-5-4-9(16)7-15/h6,9,16H,3-5,7H2,1-2H3,(H,12,13,14). The van der Waals surface area contributed by atoms with E-state index in [0.29, 0.717) is 6.54 Å². The lowest BCUT2D eigenvalue weighted by Crippen LogP contribution is -2.23. The van der Waals surface area contributed by atoms with Crippen LogP contribution in [0.2, 0.25) is 0 Å². The lowest BCUT2D eigenvalue weighted by molar-refractivity contribution is 0.198. The summed E-state index contributed by atoms with van der Waals surface area (Å²) in [4.78, 5) is 10.8. The van der Waals surface area contributed by atoms with Gasteiger partial charge in [0.2, 0.25) is 0 Å². The third-order valence-electron chi connectivity index (χ3n) is 2.67. The van der Waals surface area contributed by atoms with E-state index in [1.165, 1.54) is 0 Å². The maximum absolute atomic E-state index is 9.50. The molecule has 5 heteroatoms. The highest BCUT2D eigenvalue weighted by atomic mass is 16.3. The summed E-state index contributed by atoms with van der Waals surface area (Å²) in [5.41, 5.74) is 0. The van der Waals surface area contributed by atoms with Gasteiger partial charge in [-0.3, -0.25) is 0 Å². The van der Waals surface area contributed by atoms with Crippen LogP contribution < -0.4 is 10.2 Å². The van der Waals surface area contributed by atoms with Crippen molar-refractivity contribution in [2.45, 2.75) is 26.4 Å². The number of aromatic nitrogens is 2. The summed E-state index contributed by atoms with van der Waals surface area (Å²) in [6.07, 6.45) is 0.595. The molecule has 1 unspecified atom stereocenters. The SMILES string of the molecule is CCNc1cc(N2CCC(O)C2)nc(C)n1. The van der Waals surface area contributed by atoms with Crippen LogP contribution in [0.15, 0.2) is 6.07 Å². The van der Waals surface area contributed by atoms with Gasteiger partial charge >= 0.3 is 0 Å². The van der Waals surface area contributed by atoms with E-state index in [2.05, 4.69) is 20.2 Å². The van der Waals surface area contributed by atoms with E-state index in [9.17, 15) is 5.11 Å². The summed E-state index contributed by atoms with van der Waals surface area (Å²) in [6.45, 7) is 6.30. The highest BCUT2D eigenvalue weighted by Crippen LogP contribution is 2.20. The van der Waals surface area contributed by atoms with Crippen LogP contribution in [0.1, 0.15) is 19.2 Å². The van der Waals surface area contributed by atoms with Gasteiger partial charge < -0.3 is 15.3 Å². The molecule has 2 heterocycles. The molecular weight excluding hydrogens is 204 g/mol. The summed E-state index contributed by atoms with van der Waals surface area (Å²) < 4.78 is 0. The number of β-amino-alcohol motifs (C(OH)–C–C–N with tert-alkyl or cyclic N) is 1. The summed E-state index contributed by atoms with van der Waals surface area (Å²) in [7, 11) is 0. The first-order chi connectivity index (χ1) is 7.69. The number of hydrogen-bond donors (Lipinski definition) is 2. The molecule has 1 atom stereocenters. The predicted molar refractivity (Wildman–Crippen MR) is 63.8 cm³/mol. The lowest BCUT2D eigenvalue weighted by Gasteiger charge is -2.17. The van der Waals surface area contributed by atoms with E-state index in [-0.39, 0.29) is 6.10 Å². The van der Waals surface area contributed by atoms with Crippen LogP contribution in [0.25, 0.3) is 0 Å². The van der Waals surface area contributed by atoms with Crippen LogP contribution in [-0.4, -0.2) is 40.8 Å². The average Bonchev–Trinajstić information content (AvgIpc) is 2.64. The number of rotatable bonds is 3. The van der Waals surface area contributed by atoms with Crippen molar-refractivity contribution in [1.82, 2.24) is 9.97 Å². The molecule has 1 aromatic heterocycles. The quantitative estimate of drug-likeness (QED) is 0.791. The molecule has 5 nitrogen and oxygen atoms in total. The average molecular weight is 222 g/mol. The van der Waals surface area contributed by atoms with Crippen LogP contribution in [0.4, 0.5) is 11.6 Å². The molecule has 0 radical (unpaired) electrons. The normalized spacial score (nSPS) is 20.2. The van der Waals surface area contributed by atoms with E-state index in [1.807, 2.05) is 19.9 Å². The molecule has 16 heavy (non-hydrogen) atoms. The number of nitrogens with zero attached hydrogens (tertiary/aromatic N) is 3. The molecule has 0 amide bonds. The third kappa shape index (κ3) is 2.41. The van der Waals surface area contributed by atoms with Gasteiger partial charge in [-0.2, -0.15) is 0 Å². The van der Waals surface area contributed by atoms with Crippen LogP contribution in [0, 0.1) is 6.92 Å². The predicted octanol–water partition coefficient (Wildman–Crippen LogP) is 0.788. The minimum Gasteiger partial charge on any atom is -0.391 e. The van der Waals surface area contributed by atoms with E-state index in [4.69, 9.17) is 0 Å². The van der Waals surface area contributed by atoms with Crippen LogP contribution in [0.5, 0.6) is 0 Å². The minimum atomic E-state index is -0.224. The first-order valence-electron chi connectivity index (χ1n) is 5.71. The topological polar surface area (TPSA) is 61.3 Å². The minimum absolute atomic E-state index is 0.224. The molecule has 0 saturated carbocycles. The summed E-state index contributed by atoms with van der Waals surface area (Å²) >= 11 is 0. The first kappa shape index (κ1) is 11.1. The number of nitrogens with one attached hydrogen (secondary N) is 1. The molecule has 0 aromatic carbocycles. The van der Waals surface area contributed by atoms with Crippen LogP contribution in [-0.2, 0) is 0 Å². The Bertz CT molecular complexity index is 369. The Labute approximate surface area is 95.5 Å². The molecule has 0 aliphatic carbocycles. The summed E-state index contributed by atoms with van der Waals surface area (Å²) in [6, 6.07) is 1.94. The van der Waals surface area contributed by atoms with Crippen LogP contribution >= 0.6 is 0 Å². The molecule has 1 aromatic rings. The first-order valence-corrected chi connectivity index (χ1v) is 5.71. The fourth-order valence-corrected chi connectivity index (χ4v) is 1.94. The lowest BCUT2D eigenvalue weighted by atomic mass is 10.3. The molecule has 1 aliphatic rings. The second kappa shape index (κ2) is 4.65. The van der Waals surface area contributed by atoms with Crippen molar-refractivity contribution in [1.29, 1.82) is 0 Å². The second-order valence-corrected chi connectivity index (χ2v) is 4.08. The van der Waals surface area contributed by atoms with Crippen molar-refractivity contribution in [3.8, 4) is 0 Å². The number of anilines is 2. The Hall–Kier alpha value is -1.36. The van der Waals surface area contributed by atoms with Crippen molar-refractivity contribution in [3.63, 3.8) is 0 Å². The Balaban J connectivity index is 2.20. The van der Waals surface area contributed by atoms with E-state index in [1.54, 1.807) is 0 Å². The molecule has 2 N–H and O–H groups in total. The van der Waals surface area contributed by atoms with Crippen molar-refractivity contribution in [3.05, 3.63) is 11.9 Å². The molecule has 1 fully saturated rings. The van der Waals surface area contributed by atoms with Gasteiger partial charge in [0, 0.05) is 25.7 Å². The molecule has 0 bridgehead atoms. The number of hydrogen-bond acceptors (Lipinski definition) is 5. The van der Waals surface area contributed by atoms with Gasteiger partial charge in [-0.15, -0.1) is 0 Å². The highest BCUT2D eigenvalue weighted by Gasteiger charge is 2.21. The Morgan fingerprint density at radius 2 is 2.38 bits per heavy atom. The van der Waals surface area contributed by atoms with E-state index in [0.717, 1.165) is 37.0 Å². The molecule has 2 rings (SSSR count). The zero-order chi connectivity index (χ0) is 11.5. The molecule has 88 valence electrons. The van der Waals surface area contributed by atoms with Gasteiger partial charge in [0.05, 0.1) is 6.10 Å². The fourth-order valence-electron chi connectivity index (χ4n) is 1.94. The molecule has 0 spiro atoms. The third-order valence-corrected chi connectivity index (χ3v) is 2.67. The number of aliphatic hydroxyl groups is 1. The smallest absolute Gasteiger partial charge is 0.134 e. The molecule has 1 aliphatic heterocycles. The zero-order valence-electron chi connectivity index (χ0n) is 9.77. The van der Waals surface area contributed by atoms with Gasteiger partial charge in [0.15, 0.2) is 0 Å². The van der Waals surface area contributed by atoms with Gasteiger partial charge in [-0.25, -0.2) is 9.97 Å². The van der Waals surface area contributed by atoms with Gasteiger partial charge in [0.1, 0.15) is 17.5 Å². The van der Waals surface area contributed by atoms with Gasteiger partial charge in [0.25, 0.3) is 0 Å². The Morgan fingerprint density at radius 3 is 3.00 bits per heavy atom. The van der Waals surface area contributed by atoms with Gasteiger partial charge in [-0.05, 0) is 20.3 Å². The second-order valence-electron chi connectivity index (χ2n) is 4.08. The highest BCUT2D eigenvalue weighted by molar-refractivity contribution is 5.50. The Kier molecular flexibility index (Phi) is 3.24. The van der Waals surface area contributed by atoms with E-state index < -0.39 is 0 Å². The largest absolute Gasteiger partial charge is 0.391 e. The fraction of sp³-hybridized carbons (Fsp3) is 0.636. The van der Waals surface area contributed by atoms with Gasteiger partial charge in [-0.1, -0.05) is 0 Å². The summed E-state index contributed by atoms with van der Waals surface area (Å²) in [5, 5.41) is 12.7. The van der Waals surface area contributed by atoms with E-state index >= 15 is 0 Å². The zero-order valence-corrected chi connectivity index (χ0v) is 9.77. The van der Waals surface area contributed by atoms with Crippen molar-refractivity contribution in [2.75, 3.05) is 29.9 Å². The number of aliphatic hydroxyl groups excluding tert-OH is 1. The van der Waals surface area contributed by atoms with Crippen molar-refractivity contribution >= 4 is 11.6 Å². The maximum Gasteiger partial charge on any atom is 0.134 e. The monoisotopic (exact) mass is 222 g/mol. The number of aryl methyl sites for hydroxylation is 1. The van der Waals surface area contributed by atoms with Crippen molar-refractivity contribution < 1.29 is 5.11 Å². The Morgan fingerprint density at radius 1 is 1.56 bits per heavy atom. The molecule has 1 saturated heterocycles. The maximum atomic E-state index is 9.50. The molecular formula is C11H18N4O. The van der Waals surface area contributed by atoms with Crippen molar-refractivity contribution in [2.24, 2.45) is 0 Å².